The van der Waals surface area contributed by atoms with E-state index in [-0.39, 0.29) is 11.7 Å². The van der Waals surface area contributed by atoms with E-state index in [4.69, 9.17) is 11.6 Å². The zero-order valence-electron chi connectivity index (χ0n) is 18.3. The molecule has 1 aromatic heterocycles. The summed E-state index contributed by atoms with van der Waals surface area (Å²) in [6.07, 6.45) is 3.39. The first-order chi connectivity index (χ1) is 16.0. The van der Waals surface area contributed by atoms with Crippen LogP contribution in [0.2, 0.25) is 5.02 Å². The van der Waals surface area contributed by atoms with Crippen LogP contribution in [0.5, 0.6) is 0 Å². The van der Waals surface area contributed by atoms with Crippen molar-refractivity contribution < 1.29 is 9.18 Å². The number of anilines is 3. The summed E-state index contributed by atoms with van der Waals surface area (Å²) in [5.41, 5.74) is 2.08. The first-order valence-electron chi connectivity index (χ1n) is 10.9. The third-order valence-corrected chi connectivity index (χ3v) is 5.93. The molecule has 0 saturated carbocycles. The molecule has 0 bridgehead atoms. The molecule has 0 spiro atoms. The van der Waals surface area contributed by atoms with E-state index in [0.29, 0.717) is 40.6 Å². The van der Waals surface area contributed by atoms with Gasteiger partial charge in [0.15, 0.2) is 5.82 Å². The van der Waals surface area contributed by atoms with E-state index in [1.54, 1.807) is 12.1 Å². The molecule has 1 aliphatic heterocycles. The standard InChI is InChI=1S/C24H26ClFN6O/c1-27-19-8-10-32(11-9-19)23(33)17-5-3-7-20(13-17)30-24-29-15-21(25)22(31-24)28-14-16-4-2-6-18(26)12-16/h2-7,12-13,15,19,27H,8-11,14H2,1H3,(H2,28,29,30,31). The highest BCUT2D eigenvalue weighted by Gasteiger charge is 2.22. The van der Waals surface area contributed by atoms with Crippen LogP contribution in [0.25, 0.3) is 0 Å². The van der Waals surface area contributed by atoms with Gasteiger partial charge in [0.25, 0.3) is 5.91 Å². The molecule has 7 nitrogen and oxygen atoms in total. The van der Waals surface area contributed by atoms with Crippen molar-refractivity contribution in [2.24, 2.45) is 0 Å². The number of piperidine rings is 1. The first kappa shape index (κ1) is 22.9. The Labute approximate surface area is 197 Å². The minimum atomic E-state index is -0.300. The molecule has 172 valence electrons. The van der Waals surface area contributed by atoms with E-state index >= 15 is 0 Å². The van der Waals surface area contributed by atoms with Crippen molar-refractivity contribution in [2.45, 2.75) is 25.4 Å². The number of hydrogen-bond donors (Lipinski definition) is 3. The van der Waals surface area contributed by atoms with Crippen LogP contribution < -0.4 is 16.0 Å². The number of nitrogens with one attached hydrogen (secondary N) is 3. The molecule has 0 unspecified atom stereocenters. The highest BCUT2D eigenvalue weighted by atomic mass is 35.5. The van der Waals surface area contributed by atoms with Crippen molar-refractivity contribution in [1.29, 1.82) is 0 Å². The minimum absolute atomic E-state index is 0.0164. The van der Waals surface area contributed by atoms with Crippen LogP contribution >= 0.6 is 11.6 Å². The highest BCUT2D eigenvalue weighted by molar-refractivity contribution is 6.32. The Morgan fingerprint density at radius 3 is 2.73 bits per heavy atom. The second-order valence-corrected chi connectivity index (χ2v) is 8.34. The lowest BCUT2D eigenvalue weighted by molar-refractivity contribution is 0.0707. The van der Waals surface area contributed by atoms with Gasteiger partial charge in [0.05, 0.1) is 6.20 Å². The van der Waals surface area contributed by atoms with Crippen molar-refractivity contribution in [1.82, 2.24) is 20.2 Å². The highest BCUT2D eigenvalue weighted by Crippen LogP contribution is 2.23. The lowest BCUT2D eigenvalue weighted by Crippen LogP contribution is -2.43. The van der Waals surface area contributed by atoms with Crippen LogP contribution in [-0.4, -0.2) is 47.0 Å². The van der Waals surface area contributed by atoms with Crippen LogP contribution in [0.1, 0.15) is 28.8 Å². The van der Waals surface area contributed by atoms with Gasteiger partial charge in [0, 0.05) is 36.9 Å². The summed E-state index contributed by atoms with van der Waals surface area (Å²) < 4.78 is 13.4. The number of aromatic nitrogens is 2. The smallest absolute Gasteiger partial charge is 0.253 e. The average molecular weight is 469 g/mol. The summed E-state index contributed by atoms with van der Waals surface area (Å²) in [6, 6.07) is 14.1. The number of halogens is 2. The van der Waals surface area contributed by atoms with Crippen molar-refractivity contribution >= 4 is 35.0 Å². The molecular weight excluding hydrogens is 443 g/mol. The number of benzene rings is 2. The number of hydrogen-bond acceptors (Lipinski definition) is 6. The van der Waals surface area contributed by atoms with Crippen molar-refractivity contribution in [3.63, 3.8) is 0 Å². The van der Waals surface area contributed by atoms with Gasteiger partial charge in [0.2, 0.25) is 5.95 Å². The summed E-state index contributed by atoms with van der Waals surface area (Å²) in [6.45, 7) is 1.84. The molecular formula is C24H26ClFN6O. The van der Waals surface area contributed by atoms with Gasteiger partial charge in [-0.2, -0.15) is 4.98 Å². The molecule has 1 aliphatic rings. The molecule has 2 heterocycles. The van der Waals surface area contributed by atoms with E-state index in [1.807, 2.05) is 36.2 Å². The van der Waals surface area contributed by atoms with Crippen LogP contribution in [0, 0.1) is 5.82 Å². The average Bonchev–Trinajstić information content (AvgIpc) is 2.84. The van der Waals surface area contributed by atoms with E-state index in [0.717, 1.165) is 31.5 Å². The third-order valence-electron chi connectivity index (χ3n) is 5.65. The molecule has 4 rings (SSSR count). The number of amides is 1. The number of nitrogens with zero attached hydrogens (tertiary/aromatic N) is 3. The van der Waals surface area contributed by atoms with Crippen LogP contribution in [0.4, 0.5) is 21.8 Å². The zero-order valence-corrected chi connectivity index (χ0v) is 19.1. The molecule has 1 saturated heterocycles. The Bertz CT molecular complexity index is 1120. The van der Waals surface area contributed by atoms with Gasteiger partial charge in [-0.3, -0.25) is 4.79 Å². The minimum Gasteiger partial charge on any atom is -0.365 e. The van der Waals surface area contributed by atoms with Gasteiger partial charge >= 0.3 is 0 Å². The first-order valence-corrected chi connectivity index (χ1v) is 11.2. The maximum absolute atomic E-state index is 13.4. The molecule has 9 heteroatoms. The van der Waals surface area contributed by atoms with Crippen LogP contribution in [0.15, 0.2) is 54.7 Å². The number of carbonyl (C=O) groups excluding carboxylic acids is 1. The zero-order chi connectivity index (χ0) is 23.2. The van der Waals surface area contributed by atoms with Crippen LogP contribution in [-0.2, 0) is 6.54 Å². The Morgan fingerprint density at radius 2 is 1.97 bits per heavy atom. The van der Waals surface area contributed by atoms with Gasteiger partial charge in [-0.15, -0.1) is 0 Å². The Kier molecular flexibility index (Phi) is 7.36. The predicted octanol–water partition coefficient (Wildman–Crippen LogP) is 4.45. The maximum atomic E-state index is 13.4. The fourth-order valence-corrected chi connectivity index (χ4v) is 3.95. The second-order valence-electron chi connectivity index (χ2n) is 7.93. The third kappa shape index (κ3) is 5.97. The molecule has 0 aliphatic carbocycles. The largest absolute Gasteiger partial charge is 0.365 e. The monoisotopic (exact) mass is 468 g/mol. The Morgan fingerprint density at radius 1 is 1.18 bits per heavy atom. The van der Waals surface area contributed by atoms with Gasteiger partial charge in [-0.25, -0.2) is 9.37 Å². The van der Waals surface area contributed by atoms with Gasteiger partial charge in [-0.05, 0) is 55.8 Å². The van der Waals surface area contributed by atoms with Crippen molar-refractivity contribution in [2.75, 3.05) is 30.8 Å². The fourth-order valence-electron chi connectivity index (χ4n) is 3.80. The second kappa shape index (κ2) is 10.6. The summed E-state index contributed by atoms with van der Waals surface area (Å²) in [5, 5.41) is 9.87. The molecule has 0 radical (unpaired) electrons. The Hall–Kier alpha value is -3.23. The molecule has 1 fully saturated rings. The quantitative estimate of drug-likeness (QED) is 0.475. The van der Waals surface area contributed by atoms with E-state index in [1.165, 1.54) is 18.3 Å². The molecule has 2 aromatic carbocycles. The molecule has 3 aromatic rings. The number of likely N-dealkylation sites (tertiary alicyclic amines) is 1. The SMILES string of the molecule is CNC1CCN(C(=O)c2cccc(Nc3ncc(Cl)c(NCc4cccc(F)c4)n3)c2)CC1. The van der Waals surface area contributed by atoms with Gasteiger partial charge in [-0.1, -0.05) is 29.8 Å². The lowest BCUT2D eigenvalue weighted by atomic mass is 10.0. The normalized spacial score (nSPS) is 14.2. The summed E-state index contributed by atoms with van der Waals surface area (Å²) >= 11 is 6.23. The number of carbonyl (C=O) groups is 1. The van der Waals surface area contributed by atoms with Crippen molar-refractivity contribution in [3.05, 3.63) is 76.7 Å². The molecule has 1 amide bonds. The van der Waals surface area contributed by atoms with Gasteiger partial charge < -0.3 is 20.9 Å². The molecule has 33 heavy (non-hydrogen) atoms. The van der Waals surface area contributed by atoms with E-state index < -0.39 is 0 Å². The molecule has 0 atom stereocenters. The molecule has 3 N–H and O–H groups in total. The van der Waals surface area contributed by atoms with Crippen molar-refractivity contribution in [3.8, 4) is 0 Å². The summed E-state index contributed by atoms with van der Waals surface area (Å²) in [7, 11) is 1.96. The Balaban J connectivity index is 1.42. The summed E-state index contributed by atoms with van der Waals surface area (Å²) in [4.78, 5) is 23.5. The fraction of sp³-hybridized carbons (Fsp3) is 0.292. The van der Waals surface area contributed by atoms with E-state index in [9.17, 15) is 9.18 Å². The van der Waals surface area contributed by atoms with Gasteiger partial charge in [0.1, 0.15) is 10.8 Å². The lowest BCUT2D eigenvalue weighted by Gasteiger charge is -2.32. The predicted molar refractivity (Wildman–Crippen MR) is 128 cm³/mol. The maximum Gasteiger partial charge on any atom is 0.253 e. The van der Waals surface area contributed by atoms with E-state index in [2.05, 4.69) is 25.9 Å². The van der Waals surface area contributed by atoms with Crippen LogP contribution in [0.3, 0.4) is 0 Å². The topological polar surface area (TPSA) is 82.2 Å². The number of rotatable bonds is 7. The summed E-state index contributed by atoms with van der Waals surface area (Å²) in [5.74, 6) is 0.479.